The van der Waals surface area contributed by atoms with E-state index in [1.54, 1.807) is 36.4 Å². The summed E-state index contributed by atoms with van der Waals surface area (Å²) in [6.07, 6.45) is 2.20. The maximum Gasteiger partial charge on any atom is 0.251 e. The first-order valence-electron chi connectivity index (χ1n) is 8.12. The van der Waals surface area contributed by atoms with E-state index in [2.05, 4.69) is 15.8 Å². The predicted octanol–water partition coefficient (Wildman–Crippen LogP) is 2.06. The molecule has 26 heavy (non-hydrogen) atoms. The SMILES string of the molecule is COc1cc(/C=N/NC(=O)CCCNC(=O)c2ccccc2)ccc1O. The number of hydrogen-bond donors (Lipinski definition) is 3. The molecule has 2 aromatic carbocycles. The molecule has 0 aromatic heterocycles. The summed E-state index contributed by atoms with van der Waals surface area (Å²) < 4.78 is 5.00. The van der Waals surface area contributed by atoms with Crippen LogP contribution < -0.4 is 15.5 Å². The van der Waals surface area contributed by atoms with Gasteiger partial charge in [-0.3, -0.25) is 9.59 Å². The predicted molar refractivity (Wildman–Crippen MR) is 98.4 cm³/mol. The van der Waals surface area contributed by atoms with E-state index >= 15 is 0 Å². The molecule has 7 heteroatoms. The van der Waals surface area contributed by atoms with Crippen molar-refractivity contribution in [3.8, 4) is 11.5 Å². The van der Waals surface area contributed by atoms with Gasteiger partial charge in [-0.1, -0.05) is 18.2 Å². The van der Waals surface area contributed by atoms with Gasteiger partial charge in [-0.2, -0.15) is 5.10 Å². The highest BCUT2D eigenvalue weighted by atomic mass is 16.5. The van der Waals surface area contributed by atoms with Crippen LogP contribution in [0.5, 0.6) is 11.5 Å². The number of amides is 2. The Morgan fingerprint density at radius 2 is 1.96 bits per heavy atom. The number of methoxy groups -OCH3 is 1. The van der Waals surface area contributed by atoms with Gasteiger partial charge in [0.15, 0.2) is 11.5 Å². The molecule has 0 aliphatic rings. The molecule has 0 radical (unpaired) electrons. The number of carbonyl (C=O) groups is 2. The molecule has 2 rings (SSSR count). The molecule has 0 heterocycles. The summed E-state index contributed by atoms with van der Waals surface area (Å²) >= 11 is 0. The van der Waals surface area contributed by atoms with Crippen LogP contribution in [0.25, 0.3) is 0 Å². The highest BCUT2D eigenvalue weighted by Crippen LogP contribution is 2.25. The molecule has 0 saturated carbocycles. The molecular weight excluding hydrogens is 334 g/mol. The summed E-state index contributed by atoms with van der Waals surface area (Å²) in [5.41, 5.74) is 3.68. The Labute approximate surface area is 151 Å². The number of rotatable bonds is 8. The van der Waals surface area contributed by atoms with Crippen molar-refractivity contribution in [2.75, 3.05) is 13.7 Å². The molecule has 0 fully saturated rings. The fraction of sp³-hybridized carbons (Fsp3) is 0.211. The fourth-order valence-corrected chi connectivity index (χ4v) is 2.15. The standard InChI is InChI=1S/C19H21N3O4/c1-26-17-12-14(9-10-16(17)23)13-21-22-18(24)8-5-11-20-19(25)15-6-3-2-4-7-15/h2-4,6-7,9-10,12-13,23H,5,8,11H2,1H3,(H,20,25)(H,22,24)/b21-13+. The van der Waals surface area contributed by atoms with Crippen LogP contribution >= 0.6 is 0 Å². The molecule has 2 amide bonds. The Hall–Kier alpha value is -3.35. The average molecular weight is 355 g/mol. The number of phenols is 1. The number of hydrazone groups is 1. The average Bonchev–Trinajstić information content (AvgIpc) is 2.67. The molecule has 136 valence electrons. The minimum atomic E-state index is -0.249. The highest BCUT2D eigenvalue weighted by Gasteiger charge is 2.05. The zero-order valence-corrected chi connectivity index (χ0v) is 14.4. The molecule has 0 bridgehead atoms. The maximum absolute atomic E-state index is 11.8. The summed E-state index contributed by atoms with van der Waals surface area (Å²) in [7, 11) is 1.45. The van der Waals surface area contributed by atoms with Crippen molar-refractivity contribution < 1.29 is 19.4 Å². The van der Waals surface area contributed by atoms with Gasteiger partial charge >= 0.3 is 0 Å². The molecule has 3 N–H and O–H groups in total. The second-order valence-corrected chi connectivity index (χ2v) is 5.45. The number of nitrogens with zero attached hydrogens (tertiary/aromatic N) is 1. The van der Waals surface area contributed by atoms with E-state index in [1.165, 1.54) is 19.4 Å². The lowest BCUT2D eigenvalue weighted by Gasteiger charge is -2.05. The van der Waals surface area contributed by atoms with Crippen molar-refractivity contribution >= 4 is 18.0 Å². The summed E-state index contributed by atoms with van der Waals surface area (Å²) in [6, 6.07) is 13.6. The first kappa shape index (κ1) is 19.0. The topological polar surface area (TPSA) is 100 Å². The van der Waals surface area contributed by atoms with Gasteiger partial charge in [0.25, 0.3) is 5.91 Å². The number of hydrogen-bond acceptors (Lipinski definition) is 5. The largest absolute Gasteiger partial charge is 0.504 e. The Morgan fingerprint density at radius 3 is 2.69 bits per heavy atom. The number of phenolic OH excluding ortho intramolecular Hbond substituents is 1. The first-order valence-corrected chi connectivity index (χ1v) is 8.12. The van der Waals surface area contributed by atoms with Crippen molar-refractivity contribution in [3.05, 3.63) is 59.7 Å². The third-order valence-corrected chi connectivity index (χ3v) is 3.51. The van der Waals surface area contributed by atoms with Crippen LogP contribution in [0.4, 0.5) is 0 Å². The second kappa shape index (κ2) is 9.83. The maximum atomic E-state index is 11.8. The lowest BCUT2D eigenvalue weighted by Crippen LogP contribution is -2.26. The van der Waals surface area contributed by atoms with Crippen LogP contribution in [0, 0.1) is 0 Å². The number of benzene rings is 2. The van der Waals surface area contributed by atoms with E-state index in [4.69, 9.17) is 4.74 Å². The fourth-order valence-electron chi connectivity index (χ4n) is 2.15. The third-order valence-electron chi connectivity index (χ3n) is 3.51. The minimum absolute atomic E-state index is 0.0336. The normalized spacial score (nSPS) is 10.5. The summed E-state index contributed by atoms with van der Waals surface area (Å²) in [4.78, 5) is 23.6. The van der Waals surface area contributed by atoms with Gasteiger partial charge < -0.3 is 15.2 Å². The van der Waals surface area contributed by atoms with Crippen LogP contribution in [0.1, 0.15) is 28.8 Å². The van der Waals surface area contributed by atoms with Crippen LogP contribution in [-0.2, 0) is 4.79 Å². The number of nitrogens with one attached hydrogen (secondary N) is 2. The number of aromatic hydroxyl groups is 1. The first-order chi connectivity index (χ1) is 12.6. The molecule has 2 aromatic rings. The molecule has 7 nitrogen and oxygen atoms in total. The van der Waals surface area contributed by atoms with Crippen molar-refractivity contribution in [3.63, 3.8) is 0 Å². The van der Waals surface area contributed by atoms with Crippen molar-refractivity contribution in [1.82, 2.24) is 10.7 Å². The van der Waals surface area contributed by atoms with Gasteiger partial charge in [-0.25, -0.2) is 5.43 Å². The molecule has 0 unspecified atom stereocenters. The third kappa shape index (κ3) is 5.94. The van der Waals surface area contributed by atoms with E-state index < -0.39 is 0 Å². The molecule has 0 atom stereocenters. The molecule has 0 aliphatic carbocycles. The Morgan fingerprint density at radius 1 is 1.19 bits per heavy atom. The van der Waals surface area contributed by atoms with Crippen LogP contribution in [-0.4, -0.2) is 36.8 Å². The van der Waals surface area contributed by atoms with E-state index in [0.29, 0.717) is 29.8 Å². The zero-order valence-electron chi connectivity index (χ0n) is 14.4. The highest BCUT2D eigenvalue weighted by molar-refractivity contribution is 5.94. The van der Waals surface area contributed by atoms with Gasteiger partial charge in [-0.15, -0.1) is 0 Å². The number of carbonyl (C=O) groups excluding carboxylic acids is 2. The van der Waals surface area contributed by atoms with Gasteiger partial charge in [0, 0.05) is 18.5 Å². The van der Waals surface area contributed by atoms with Crippen molar-refractivity contribution in [2.45, 2.75) is 12.8 Å². The van der Waals surface area contributed by atoms with Gasteiger partial charge in [0.1, 0.15) is 0 Å². The van der Waals surface area contributed by atoms with Crippen LogP contribution in [0.3, 0.4) is 0 Å². The van der Waals surface area contributed by atoms with Crippen molar-refractivity contribution in [1.29, 1.82) is 0 Å². The monoisotopic (exact) mass is 355 g/mol. The quantitative estimate of drug-likeness (QED) is 0.383. The van der Waals surface area contributed by atoms with Crippen molar-refractivity contribution in [2.24, 2.45) is 5.10 Å². The summed E-state index contributed by atoms with van der Waals surface area (Å²) in [6.45, 7) is 0.403. The molecule has 0 aliphatic heterocycles. The Balaban J connectivity index is 1.68. The van der Waals surface area contributed by atoms with Crippen LogP contribution in [0.15, 0.2) is 53.6 Å². The van der Waals surface area contributed by atoms with E-state index in [1.807, 2.05) is 6.07 Å². The van der Waals surface area contributed by atoms with Gasteiger partial charge in [0.05, 0.1) is 13.3 Å². The van der Waals surface area contributed by atoms with E-state index in [0.717, 1.165) is 0 Å². The lowest BCUT2D eigenvalue weighted by molar-refractivity contribution is -0.121. The second-order valence-electron chi connectivity index (χ2n) is 5.45. The molecule has 0 spiro atoms. The van der Waals surface area contributed by atoms with Gasteiger partial charge in [-0.05, 0) is 42.3 Å². The summed E-state index contributed by atoms with van der Waals surface area (Å²) in [5, 5.41) is 16.1. The zero-order chi connectivity index (χ0) is 18.8. The summed E-state index contributed by atoms with van der Waals surface area (Å²) in [5.74, 6) is -0.0491. The van der Waals surface area contributed by atoms with Gasteiger partial charge in [0.2, 0.25) is 5.91 Å². The minimum Gasteiger partial charge on any atom is -0.504 e. The smallest absolute Gasteiger partial charge is 0.251 e. The molecule has 0 saturated heterocycles. The number of ether oxygens (including phenoxy) is 1. The van der Waals surface area contributed by atoms with Crippen LogP contribution in [0.2, 0.25) is 0 Å². The Bertz CT molecular complexity index is 776. The van der Waals surface area contributed by atoms with E-state index in [-0.39, 0.29) is 24.0 Å². The Kier molecular flexibility index (Phi) is 7.17. The molecular formula is C19H21N3O4. The lowest BCUT2D eigenvalue weighted by atomic mass is 10.2. The van der Waals surface area contributed by atoms with E-state index in [9.17, 15) is 14.7 Å².